The van der Waals surface area contributed by atoms with Gasteiger partial charge in [0.15, 0.2) is 0 Å². The van der Waals surface area contributed by atoms with Crippen LogP contribution in [0.3, 0.4) is 0 Å². The molecule has 1 unspecified atom stereocenters. The van der Waals surface area contributed by atoms with Crippen LogP contribution in [-0.2, 0) is 18.3 Å². The van der Waals surface area contributed by atoms with Gasteiger partial charge in [-0.2, -0.15) is 0 Å². The van der Waals surface area contributed by atoms with Gasteiger partial charge in [0.1, 0.15) is 0 Å². The van der Waals surface area contributed by atoms with E-state index in [2.05, 4.69) is 119 Å². The first-order valence-corrected chi connectivity index (χ1v) is 12.5. The summed E-state index contributed by atoms with van der Waals surface area (Å²) in [6, 6.07) is 18.9. The van der Waals surface area contributed by atoms with Crippen molar-refractivity contribution in [3.05, 3.63) is 82.7 Å². The molecule has 2 aromatic carbocycles. The van der Waals surface area contributed by atoms with Crippen molar-refractivity contribution in [1.82, 2.24) is 4.57 Å². The number of rotatable bonds is 2. The highest BCUT2D eigenvalue weighted by molar-refractivity contribution is 5.74. The minimum absolute atomic E-state index is 0.0863. The average Bonchev–Trinajstić information content (AvgIpc) is 3.33. The number of anilines is 2. The van der Waals surface area contributed by atoms with E-state index in [4.69, 9.17) is 0 Å². The van der Waals surface area contributed by atoms with Gasteiger partial charge in [-0.05, 0) is 78.6 Å². The first-order chi connectivity index (χ1) is 15.6. The molecular formula is C31H38N2. The van der Waals surface area contributed by atoms with Gasteiger partial charge in [0.2, 0.25) is 0 Å². The molecule has 0 spiro atoms. The first kappa shape index (κ1) is 22.1. The summed E-state index contributed by atoms with van der Waals surface area (Å²) in [6.07, 6.45) is 7.95. The lowest BCUT2D eigenvalue weighted by Gasteiger charge is -2.38. The van der Waals surface area contributed by atoms with Crippen molar-refractivity contribution in [3.63, 3.8) is 0 Å². The van der Waals surface area contributed by atoms with Gasteiger partial charge in [0, 0.05) is 39.9 Å². The molecule has 0 N–H and O–H groups in total. The van der Waals surface area contributed by atoms with Crippen LogP contribution in [0.5, 0.6) is 0 Å². The number of fused-ring (bicyclic) bond motifs is 2. The third-order valence-electron chi connectivity index (χ3n) is 7.42. The number of hydrogen-bond acceptors (Lipinski definition) is 1. The van der Waals surface area contributed by atoms with Crippen molar-refractivity contribution in [2.45, 2.75) is 79.2 Å². The summed E-state index contributed by atoms with van der Waals surface area (Å²) in [5.74, 6) is 0. The van der Waals surface area contributed by atoms with Crippen molar-refractivity contribution >= 4 is 17.5 Å². The number of nitrogens with zero attached hydrogens (tertiary/aromatic N) is 2. The number of benzene rings is 2. The molecule has 0 bridgehead atoms. The zero-order valence-corrected chi connectivity index (χ0v) is 21.4. The molecule has 1 aliphatic heterocycles. The molecule has 1 aromatic heterocycles. The lowest BCUT2D eigenvalue weighted by Crippen LogP contribution is -2.39. The van der Waals surface area contributed by atoms with E-state index in [-0.39, 0.29) is 10.8 Å². The third kappa shape index (κ3) is 3.74. The van der Waals surface area contributed by atoms with Crippen molar-refractivity contribution in [2.75, 3.05) is 4.90 Å². The summed E-state index contributed by atoms with van der Waals surface area (Å²) in [5, 5.41) is 0. The van der Waals surface area contributed by atoms with Gasteiger partial charge in [-0.25, -0.2) is 0 Å². The van der Waals surface area contributed by atoms with Gasteiger partial charge in [-0.1, -0.05) is 71.9 Å². The lowest BCUT2D eigenvalue weighted by molar-refractivity contribution is 0.326. The zero-order valence-electron chi connectivity index (χ0n) is 21.4. The zero-order chi connectivity index (χ0) is 23.5. The monoisotopic (exact) mass is 438 g/mol. The van der Waals surface area contributed by atoms with Gasteiger partial charge in [0.05, 0.1) is 0 Å². The largest absolute Gasteiger partial charge is 0.337 e. The molecule has 0 saturated heterocycles. The smallest absolute Gasteiger partial charge is 0.0459 e. The second-order valence-corrected chi connectivity index (χ2v) is 12.0. The Labute approximate surface area is 199 Å². The average molecular weight is 439 g/mol. The van der Waals surface area contributed by atoms with Crippen molar-refractivity contribution in [3.8, 4) is 5.69 Å². The lowest BCUT2D eigenvalue weighted by atomic mass is 9.84. The molecule has 2 nitrogen and oxygen atoms in total. The molecule has 1 atom stereocenters. The molecule has 5 rings (SSSR count). The second-order valence-electron chi connectivity index (χ2n) is 12.0. The summed E-state index contributed by atoms with van der Waals surface area (Å²) in [6.45, 7) is 16.4. The van der Waals surface area contributed by atoms with E-state index in [0.717, 1.165) is 19.3 Å². The number of hydrogen-bond donors (Lipinski definition) is 0. The standard InChI is InChI=1S/C31H38N2/c1-21-18-24(32-26-14-10-8-12-22(26)19-28(32)30(2,3)4)16-17-25(21)33-27-15-11-9-13-23(27)20-29(33)31(5,6)7/h8-9,11-13,15-19,29H,10,14,20H2,1-7H3. The fourth-order valence-corrected chi connectivity index (χ4v) is 5.67. The second kappa shape index (κ2) is 7.65. The highest BCUT2D eigenvalue weighted by Crippen LogP contribution is 2.46. The topological polar surface area (TPSA) is 8.17 Å². The number of aryl methyl sites for hydroxylation is 1. The van der Waals surface area contributed by atoms with E-state index < -0.39 is 0 Å². The number of para-hydroxylation sites is 1. The normalized spacial score (nSPS) is 17.9. The predicted molar refractivity (Wildman–Crippen MR) is 142 cm³/mol. The summed E-state index contributed by atoms with van der Waals surface area (Å²) >= 11 is 0. The van der Waals surface area contributed by atoms with Gasteiger partial charge in [-0.3, -0.25) is 0 Å². The van der Waals surface area contributed by atoms with Crippen LogP contribution in [0, 0.1) is 12.3 Å². The van der Waals surface area contributed by atoms with Crippen LogP contribution >= 0.6 is 0 Å². The van der Waals surface area contributed by atoms with Crippen LogP contribution in [0.4, 0.5) is 11.4 Å². The Kier molecular flexibility index (Phi) is 5.12. The van der Waals surface area contributed by atoms with Crippen LogP contribution < -0.4 is 4.90 Å². The SMILES string of the molecule is Cc1cc(-n2c(C(C)(C)C)cc3c2CCC=C3)ccc1N1c2ccccc2CC1C(C)(C)C. The molecule has 2 aliphatic rings. The Morgan fingerprint density at radius 2 is 1.64 bits per heavy atom. The van der Waals surface area contributed by atoms with Gasteiger partial charge < -0.3 is 9.47 Å². The van der Waals surface area contributed by atoms with Gasteiger partial charge in [-0.15, -0.1) is 0 Å². The van der Waals surface area contributed by atoms with Crippen molar-refractivity contribution < 1.29 is 0 Å². The molecule has 0 saturated carbocycles. The minimum atomic E-state index is 0.0863. The van der Waals surface area contributed by atoms with Crippen LogP contribution in [0.1, 0.15) is 76.0 Å². The summed E-state index contributed by atoms with van der Waals surface area (Å²) in [5.41, 5.74) is 11.3. The van der Waals surface area contributed by atoms with E-state index in [0.29, 0.717) is 6.04 Å². The molecular weight excluding hydrogens is 400 g/mol. The fraction of sp³-hybridized carbons (Fsp3) is 0.419. The van der Waals surface area contributed by atoms with E-state index in [9.17, 15) is 0 Å². The molecule has 0 radical (unpaired) electrons. The molecule has 0 amide bonds. The maximum absolute atomic E-state index is 2.60. The quantitative estimate of drug-likeness (QED) is 0.392. The molecule has 33 heavy (non-hydrogen) atoms. The Balaban J connectivity index is 1.64. The number of allylic oxidation sites excluding steroid dienone is 1. The maximum Gasteiger partial charge on any atom is 0.0459 e. The van der Waals surface area contributed by atoms with E-state index in [1.807, 2.05) is 0 Å². The third-order valence-corrected chi connectivity index (χ3v) is 7.42. The molecule has 3 aromatic rings. The minimum Gasteiger partial charge on any atom is -0.337 e. The maximum atomic E-state index is 2.60. The highest BCUT2D eigenvalue weighted by Gasteiger charge is 2.38. The van der Waals surface area contributed by atoms with E-state index in [1.54, 1.807) is 0 Å². The molecule has 2 heteroatoms. The van der Waals surface area contributed by atoms with Gasteiger partial charge >= 0.3 is 0 Å². The first-order valence-electron chi connectivity index (χ1n) is 12.5. The van der Waals surface area contributed by atoms with Crippen LogP contribution in [0.15, 0.2) is 54.6 Å². The summed E-state index contributed by atoms with van der Waals surface area (Å²) < 4.78 is 2.54. The van der Waals surface area contributed by atoms with Crippen LogP contribution in [-0.4, -0.2) is 10.6 Å². The van der Waals surface area contributed by atoms with Crippen molar-refractivity contribution in [1.29, 1.82) is 0 Å². The Morgan fingerprint density at radius 1 is 0.879 bits per heavy atom. The Hall–Kier alpha value is -2.74. The molecule has 2 heterocycles. The Morgan fingerprint density at radius 3 is 2.33 bits per heavy atom. The van der Waals surface area contributed by atoms with Gasteiger partial charge in [0.25, 0.3) is 0 Å². The fourth-order valence-electron chi connectivity index (χ4n) is 5.67. The Bertz CT molecular complexity index is 1230. The van der Waals surface area contributed by atoms with E-state index >= 15 is 0 Å². The highest BCUT2D eigenvalue weighted by atomic mass is 15.2. The van der Waals surface area contributed by atoms with E-state index in [1.165, 1.54) is 45.1 Å². The van der Waals surface area contributed by atoms with Crippen LogP contribution in [0.2, 0.25) is 0 Å². The summed E-state index contributed by atoms with van der Waals surface area (Å²) in [4.78, 5) is 2.60. The molecule has 0 fully saturated rings. The molecule has 172 valence electrons. The predicted octanol–water partition coefficient (Wildman–Crippen LogP) is 8.15. The molecule has 1 aliphatic carbocycles. The number of aromatic nitrogens is 1. The van der Waals surface area contributed by atoms with Crippen LogP contribution in [0.25, 0.3) is 11.8 Å². The van der Waals surface area contributed by atoms with Crippen molar-refractivity contribution in [2.24, 2.45) is 5.41 Å². The summed E-state index contributed by atoms with van der Waals surface area (Å²) in [7, 11) is 0.